The molecule has 0 aliphatic carbocycles. The van der Waals surface area contributed by atoms with E-state index in [0.29, 0.717) is 12.5 Å². The van der Waals surface area contributed by atoms with Crippen molar-refractivity contribution < 1.29 is 4.79 Å². The first-order valence-electron chi connectivity index (χ1n) is 5.70. The molecule has 0 bridgehead atoms. The van der Waals surface area contributed by atoms with Gasteiger partial charge >= 0.3 is 0 Å². The molecule has 0 aliphatic rings. The van der Waals surface area contributed by atoms with Crippen LogP contribution >= 0.6 is 0 Å². The molecule has 0 aromatic rings. The van der Waals surface area contributed by atoms with Gasteiger partial charge in [-0.3, -0.25) is 4.79 Å². The number of rotatable bonds is 8. The molecule has 1 atom stereocenters. The molecule has 0 saturated carbocycles. The first-order valence-corrected chi connectivity index (χ1v) is 5.70. The first-order chi connectivity index (χ1) is 6.70. The highest BCUT2D eigenvalue weighted by molar-refractivity contribution is 5.75. The van der Waals surface area contributed by atoms with Crippen molar-refractivity contribution >= 4 is 5.91 Å². The normalized spacial score (nSPS) is 12.5. The van der Waals surface area contributed by atoms with Gasteiger partial charge in [-0.05, 0) is 20.3 Å². The van der Waals surface area contributed by atoms with Crippen molar-refractivity contribution in [1.82, 2.24) is 10.6 Å². The van der Waals surface area contributed by atoms with Gasteiger partial charge in [-0.25, -0.2) is 0 Å². The van der Waals surface area contributed by atoms with Crippen LogP contribution in [0.5, 0.6) is 0 Å². The van der Waals surface area contributed by atoms with Gasteiger partial charge in [-0.2, -0.15) is 0 Å². The van der Waals surface area contributed by atoms with E-state index < -0.39 is 0 Å². The lowest BCUT2D eigenvalue weighted by atomic mass is 10.1. The molecule has 1 unspecified atom stereocenters. The summed E-state index contributed by atoms with van der Waals surface area (Å²) in [5, 5.41) is 6.13. The van der Waals surface area contributed by atoms with Gasteiger partial charge in [0.05, 0.1) is 0 Å². The zero-order chi connectivity index (χ0) is 10.8. The summed E-state index contributed by atoms with van der Waals surface area (Å²) in [5.41, 5.74) is 0. The van der Waals surface area contributed by atoms with E-state index in [0.717, 1.165) is 13.1 Å². The molecule has 14 heavy (non-hydrogen) atoms. The Kier molecular flexibility index (Phi) is 8.64. The number of nitrogens with one attached hydrogen (secondary N) is 2. The minimum atomic E-state index is 0.141. The fourth-order valence-electron chi connectivity index (χ4n) is 1.33. The minimum absolute atomic E-state index is 0.141. The van der Waals surface area contributed by atoms with E-state index in [1.54, 1.807) is 0 Å². The molecule has 0 aromatic heterocycles. The molecule has 84 valence electrons. The van der Waals surface area contributed by atoms with Gasteiger partial charge < -0.3 is 10.6 Å². The summed E-state index contributed by atoms with van der Waals surface area (Å²) in [7, 11) is 0. The Balaban J connectivity index is 3.29. The van der Waals surface area contributed by atoms with Crippen LogP contribution < -0.4 is 10.6 Å². The van der Waals surface area contributed by atoms with Gasteiger partial charge in [-0.15, -0.1) is 0 Å². The summed E-state index contributed by atoms with van der Waals surface area (Å²) in [6.45, 7) is 7.82. The minimum Gasteiger partial charge on any atom is -0.356 e. The highest BCUT2D eigenvalue weighted by atomic mass is 16.1. The third-order valence-electron chi connectivity index (χ3n) is 2.21. The van der Waals surface area contributed by atoms with Crippen LogP contribution in [0.4, 0.5) is 0 Å². The van der Waals surface area contributed by atoms with Crippen LogP contribution in [-0.2, 0) is 4.79 Å². The van der Waals surface area contributed by atoms with Crippen molar-refractivity contribution in [3.05, 3.63) is 0 Å². The summed E-state index contributed by atoms with van der Waals surface area (Å²) in [6, 6.07) is 0.532. The van der Waals surface area contributed by atoms with Crippen LogP contribution in [0.3, 0.4) is 0 Å². The number of hydrogen-bond acceptors (Lipinski definition) is 2. The standard InChI is InChI=1S/C11H24N2O/c1-4-6-7-10(3)13-9-8-11(14)12-5-2/h10,13H,4-9H2,1-3H3,(H,12,14). The lowest BCUT2D eigenvalue weighted by Gasteiger charge is -2.12. The van der Waals surface area contributed by atoms with Crippen molar-refractivity contribution in [2.45, 2.75) is 52.5 Å². The van der Waals surface area contributed by atoms with Crippen molar-refractivity contribution in [2.75, 3.05) is 13.1 Å². The average molecular weight is 200 g/mol. The Morgan fingerprint density at radius 2 is 2.07 bits per heavy atom. The second kappa shape index (κ2) is 9.00. The first kappa shape index (κ1) is 13.4. The number of amides is 1. The van der Waals surface area contributed by atoms with E-state index in [2.05, 4.69) is 24.5 Å². The smallest absolute Gasteiger partial charge is 0.221 e. The van der Waals surface area contributed by atoms with Crippen molar-refractivity contribution in [1.29, 1.82) is 0 Å². The quantitative estimate of drug-likeness (QED) is 0.626. The van der Waals surface area contributed by atoms with E-state index >= 15 is 0 Å². The third kappa shape index (κ3) is 8.05. The van der Waals surface area contributed by atoms with E-state index in [9.17, 15) is 4.79 Å². The van der Waals surface area contributed by atoms with Gasteiger partial charge in [0, 0.05) is 25.6 Å². The number of unbranched alkanes of at least 4 members (excludes halogenated alkanes) is 1. The van der Waals surface area contributed by atoms with Gasteiger partial charge in [0.2, 0.25) is 5.91 Å². The summed E-state index contributed by atoms with van der Waals surface area (Å²) in [5.74, 6) is 0.141. The molecule has 0 saturated heterocycles. The van der Waals surface area contributed by atoms with Gasteiger partial charge in [0.15, 0.2) is 0 Å². The maximum absolute atomic E-state index is 11.1. The van der Waals surface area contributed by atoms with E-state index in [-0.39, 0.29) is 5.91 Å². The average Bonchev–Trinajstić information content (AvgIpc) is 2.15. The maximum Gasteiger partial charge on any atom is 0.221 e. The fourth-order valence-corrected chi connectivity index (χ4v) is 1.33. The number of hydrogen-bond donors (Lipinski definition) is 2. The highest BCUT2D eigenvalue weighted by Gasteiger charge is 2.02. The summed E-state index contributed by atoms with van der Waals surface area (Å²) < 4.78 is 0. The topological polar surface area (TPSA) is 41.1 Å². The molecule has 0 radical (unpaired) electrons. The predicted molar refractivity (Wildman–Crippen MR) is 60.3 cm³/mol. The van der Waals surface area contributed by atoms with Crippen molar-refractivity contribution in [3.8, 4) is 0 Å². The van der Waals surface area contributed by atoms with Gasteiger partial charge in [0.25, 0.3) is 0 Å². The molecule has 2 N–H and O–H groups in total. The monoisotopic (exact) mass is 200 g/mol. The lowest BCUT2D eigenvalue weighted by molar-refractivity contribution is -0.120. The Hall–Kier alpha value is -0.570. The van der Waals surface area contributed by atoms with Crippen LogP contribution in [0.1, 0.15) is 46.5 Å². The Labute approximate surface area is 87.6 Å². The molecule has 0 spiro atoms. The number of carbonyl (C=O) groups excluding carboxylic acids is 1. The third-order valence-corrected chi connectivity index (χ3v) is 2.21. The Morgan fingerprint density at radius 1 is 1.36 bits per heavy atom. The summed E-state index contributed by atoms with van der Waals surface area (Å²) in [6.07, 6.45) is 4.29. The fraction of sp³-hybridized carbons (Fsp3) is 0.909. The molecule has 0 aliphatic heterocycles. The molecule has 3 nitrogen and oxygen atoms in total. The molecule has 1 amide bonds. The second-order valence-electron chi connectivity index (χ2n) is 3.70. The molecule has 0 aromatic carbocycles. The summed E-state index contributed by atoms with van der Waals surface area (Å²) >= 11 is 0. The van der Waals surface area contributed by atoms with Gasteiger partial charge in [-0.1, -0.05) is 19.8 Å². The molecule has 3 heteroatoms. The molecular formula is C11H24N2O. The summed E-state index contributed by atoms with van der Waals surface area (Å²) in [4.78, 5) is 11.1. The number of carbonyl (C=O) groups is 1. The zero-order valence-corrected chi connectivity index (χ0v) is 9.73. The molecular weight excluding hydrogens is 176 g/mol. The molecule has 0 rings (SSSR count). The zero-order valence-electron chi connectivity index (χ0n) is 9.73. The second-order valence-corrected chi connectivity index (χ2v) is 3.70. The maximum atomic E-state index is 11.1. The SMILES string of the molecule is CCCCC(C)NCCC(=O)NCC. The van der Waals surface area contributed by atoms with Crippen molar-refractivity contribution in [2.24, 2.45) is 0 Å². The molecule has 0 fully saturated rings. The Bertz CT molecular complexity index is 148. The predicted octanol–water partition coefficient (Wildman–Crippen LogP) is 1.68. The highest BCUT2D eigenvalue weighted by Crippen LogP contribution is 1.98. The van der Waals surface area contributed by atoms with Crippen LogP contribution in [0.2, 0.25) is 0 Å². The van der Waals surface area contributed by atoms with Gasteiger partial charge in [0.1, 0.15) is 0 Å². The lowest BCUT2D eigenvalue weighted by Crippen LogP contribution is -2.31. The van der Waals surface area contributed by atoms with Crippen LogP contribution in [0.15, 0.2) is 0 Å². The van der Waals surface area contributed by atoms with E-state index in [4.69, 9.17) is 0 Å². The van der Waals surface area contributed by atoms with Crippen LogP contribution in [0, 0.1) is 0 Å². The molecule has 0 heterocycles. The van der Waals surface area contributed by atoms with E-state index in [1.165, 1.54) is 19.3 Å². The Morgan fingerprint density at radius 3 is 2.64 bits per heavy atom. The van der Waals surface area contributed by atoms with Crippen LogP contribution in [0.25, 0.3) is 0 Å². The van der Waals surface area contributed by atoms with Crippen molar-refractivity contribution in [3.63, 3.8) is 0 Å². The van der Waals surface area contributed by atoms with Crippen LogP contribution in [-0.4, -0.2) is 25.0 Å². The van der Waals surface area contributed by atoms with E-state index in [1.807, 2.05) is 6.92 Å². The largest absolute Gasteiger partial charge is 0.356 e.